The molecule has 0 N–H and O–H groups in total. The Hall–Kier alpha value is -1.48. The zero-order chi connectivity index (χ0) is 17.2. The van der Waals surface area contributed by atoms with E-state index in [1.807, 2.05) is 0 Å². The van der Waals surface area contributed by atoms with Gasteiger partial charge in [-0.3, -0.25) is 4.99 Å². The van der Waals surface area contributed by atoms with E-state index in [-0.39, 0.29) is 12.4 Å². The quantitative estimate of drug-likeness (QED) is 0.821. The van der Waals surface area contributed by atoms with Crippen LogP contribution >= 0.6 is 0 Å². The summed E-state index contributed by atoms with van der Waals surface area (Å²) in [6, 6.07) is 8.50. The molecule has 0 bridgehead atoms. The molecule has 1 aromatic carbocycles. The van der Waals surface area contributed by atoms with Crippen LogP contribution in [0.5, 0.6) is 0 Å². The Morgan fingerprint density at radius 1 is 1.04 bits per heavy atom. The number of hydrogen-bond acceptors (Lipinski definition) is 3. The fraction of sp³-hybridized carbons (Fsp3) is 0.571. The van der Waals surface area contributed by atoms with Crippen molar-refractivity contribution in [1.82, 2.24) is 4.90 Å². The second-order valence-corrected chi connectivity index (χ2v) is 8.22. The van der Waals surface area contributed by atoms with Crippen molar-refractivity contribution in [3.8, 4) is 0 Å². The third-order valence-electron chi connectivity index (χ3n) is 5.03. The van der Waals surface area contributed by atoms with Crippen molar-refractivity contribution in [2.45, 2.75) is 46.0 Å². The van der Waals surface area contributed by atoms with Crippen LogP contribution in [0.15, 0.2) is 41.0 Å². The summed E-state index contributed by atoms with van der Waals surface area (Å²) in [6.45, 7) is 7.17. The first kappa shape index (κ1) is 19.8. The van der Waals surface area contributed by atoms with Crippen LogP contribution in [-0.4, -0.2) is 37.8 Å². The molecule has 1 aliphatic heterocycles. The Balaban J connectivity index is 0.00000225. The monoisotopic (exact) mass is 360 g/mol. The first-order chi connectivity index (χ1) is 11.4. The fourth-order valence-corrected chi connectivity index (χ4v) is 3.80. The average molecular weight is 361 g/mol. The number of piperidine rings is 1. The molecule has 0 unspecified atom stereocenters. The molecule has 1 heterocycles. The lowest BCUT2D eigenvalue weighted by atomic mass is 9.78. The van der Waals surface area contributed by atoms with Gasteiger partial charge in [0, 0.05) is 44.3 Å². The molecule has 138 valence electrons. The van der Waals surface area contributed by atoms with Gasteiger partial charge < -0.3 is 22.2 Å². The zero-order valence-corrected chi connectivity index (χ0v) is 16.8. The molecule has 25 heavy (non-hydrogen) atoms. The second-order valence-electron chi connectivity index (χ2n) is 8.22. The van der Waals surface area contributed by atoms with Crippen LogP contribution < -0.4 is 17.3 Å². The van der Waals surface area contributed by atoms with Gasteiger partial charge in [0.05, 0.1) is 5.69 Å². The van der Waals surface area contributed by atoms with Crippen LogP contribution in [0.25, 0.3) is 0 Å². The second kappa shape index (κ2) is 8.27. The minimum Gasteiger partial charge on any atom is -1.00 e. The summed E-state index contributed by atoms with van der Waals surface area (Å²) in [6.07, 6.45) is 8.62. The summed E-state index contributed by atoms with van der Waals surface area (Å²) in [7, 11) is 4.15. The highest BCUT2D eigenvalue weighted by atomic mass is 35.5. The van der Waals surface area contributed by atoms with Gasteiger partial charge in [-0.25, -0.2) is 0 Å². The maximum atomic E-state index is 4.99. The predicted octanol–water partition coefficient (Wildman–Crippen LogP) is 2.02. The largest absolute Gasteiger partial charge is 1.00 e. The standard InChI is InChI=1S/C21H31N3.ClH/c1-21(2)15-18(14-20(16-21)24-11-6-5-7-12-24)22-17-9-8-10-19(13-17)23(3)4;/h8-10,13-14H,5-7,11-12,15-16H2,1-4H3;1H/p-1. The van der Waals surface area contributed by atoms with E-state index in [1.54, 1.807) is 0 Å². The van der Waals surface area contributed by atoms with Crippen LogP contribution in [0, 0.1) is 5.41 Å². The third-order valence-corrected chi connectivity index (χ3v) is 5.03. The molecule has 0 amide bonds. The van der Waals surface area contributed by atoms with Gasteiger partial charge in [-0.05, 0) is 61.8 Å². The molecule has 1 fully saturated rings. The Kier molecular flexibility index (Phi) is 6.56. The van der Waals surface area contributed by atoms with Gasteiger partial charge in [-0.2, -0.15) is 0 Å². The van der Waals surface area contributed by atoms with Gasteiger partial charge in [0.1, 0.15) is 0 Å². The maximum absolute atomic E-state index is 4.99. The number of rotatable bonds is 3. The number of likely N-dealkylation sites (tertiary alicyclic amines) is 1. The van der Waals surface area contributed by atoms with E-state index in [2.05, 4.69) is 68.1 Å². The summed E-state index contributed by atoms with van der Waals surface area (Å²) in [5.41, 5.74) is 5.27. The summed E-state index contributed by atoms with van der Waals surface area (Å²) < 4.78 is 0. The van der Waals surface area contributed by atoms with E-state index in [1.165, 1.54) is 55.9 Å². The van der Waals surface area contributed by atoms with Gasteiger partial charge >= 0.3 is 0 Å². The lowest BCUT2D eigenvalue weighted by Gasteiger charge is -2.38. The molecule has 0 spiro atoms. The zero-order valence-electron chi connectivity index (χ0n) is 16.1. The maximum Gasteiger partial charge on any atom is 0.0653 e. The number of hydrogen-bond donors (Lipinski definition) is 0. The Bertz CT molecular complexity index is 640. The van der Waals surface area contributed by atoms with Gasteiger partial charge in [0.2, 0.25) is 0 Å². The summed E-state index contributed by atoms with van der Waals surface area (Å²) >= 11 is 0. The van der Waals surface area contributed by atoms with Crippen molar-refractivity contribution >= 4 is 17.1 Å². The molecular formula is C21H31ClN3-. The molecule has 3 rings (SSSR count). The number of aliphatic imine (C=N–C) groups is 1. The molecule has 1 aliphatic carbocycles. The van der Waals surface area contributed by atoms with Crippen molar-refractivity contribution in [2.75, 3.05) is 32.1 Å². The molecule has 1 saturated heterocycles. The molecule has 1 aromatic rings. The SMILES string of the molecule is CN(C)c1cccc(N=C2C=C(N3CCCCC3)CC(C)(C)C2)c1.[Cl-]. The molecule has 0 aromatic heterocycles. The highest BCUT2D eigenvalue weighted by Gasteiger charge is 2.29. The number of benzene rings is 1. The van der Waals surface area contributed by atoms with Crippen molar-refractivity contribution in [1.29, 1.82) is 0 Å². The van der Waals surface area contributed by atoms with Crippen molar-refractivity contribution in [3.05, 3.63) is 36.0 Å². The van der Waals surface area contributed by atoms with Crippen LogP contribution in [-0.2, 0) is 0 Å². The predicted molar refractivity (Wildman–Crippen MR) is 104 cm³/mol. The molecule has 0 atom stereocenters. The summed E-state index contributed by atoms with van der Waals surface area (Å²) in [5, 5.41) is 0. The molecule has 0 radical (unpaired) electrons. The first-order valence-electron chi connectivity index (χ1n) is 9.23. The van der Waals surface area contributed by atoms with Crippen LogP contribution in [0.3, 0.4) is 0 Å². The lowest BCUT2D eigenvalue weighted by molar-refractivity contribution is -0.00000597. The van der Waals surface area contributed by atoms with Gasteiger partial charge in [-0.1, -0.05) is 19.9 Å². The number of halogens is 1. The normalized spacial score (nSPS) is 21.5. The minimum atomic E-state index is 0. The van der Waals surface area contributed by atoms with Gasteiger partial charge in [0.15, 0.2) is 0 Å². The van der Waals surface area contributed by atoms with Crippen LogP contribution in [0.2, 0.25) is 0 Å². The van der Waals surface area contributed by atoms with Crippen molar-refractivity contribution in [2.24, 2.45) is 10.4 Å². The average Bonchev–Trinajstić information content (AvgIpc) is 2.54. The molecule has 4 heteroatoms. The summed E-state index contributed by atoms with van der Waals surface area (Å²) in [5.74, 6) is 0. The number of nitrogens with zero attached hydrogens (tertiary/aromatic N) is 3. The van der Waals surface area contributed by atoms with Gasteiger partial charge in [0.25, 0.3) is 0 Å². The van der Waals surface area contributed by atoms with Crippen LogP contribution in [0.1, 0.15) is 46.0 Å². The van der Waals surface area contributed by atoms with Crippen molar-refractivity contribution in [3.63, 3.8) is 0 Å². The Morgan fingerprint density at radius 3 is 2.44 bits per heavy atom. The van der Waals surface area contributed by atoms with E-state index in [0.717, 1.165) is 12.1 Å². The molecule has 2 aliphatic rings. The molecular weight excluding hydrogens is 330 g/mol. The topological polar surface area (TPSA) is 18.8 Å². The Morgan fingerprint density at radius 2 is 1.76 bits per heavy atom. The minimum absolute atomic E-state index is 0. The lowest BCUT2D eigenvalue weighted by Crippen LogP contribution is -3.00. The fourth-order valence-electron chi connectivity index (χ4n) is 3.80. The van der Waals surface area contributed by atoms with E-state index >= 15 is 0 Å². The highest BCUT2D eigenvalue weighted by Crippen LogP contribution is 2.37. The van der Waals surface area contributed by atoms with Crippen LogP contribution in [0.4, 0.5) is 11.4 Å². The van der Waals surface area contributed by atoms with E-state index in [4.69, 9.17) is 4.99 Å². The summed E-state index contributed by atoms with van der Waals surface area (Å²) in [4.78, 5) is 9.71. The van der Waals surface area contributed by atoms with Gasteiger partial charge in [-0.15, -0.1) is 0 Å². The van der Waals surface area contributed by atoms with E-state index < -0.39 is 0 Å². The number of allylic oxidation sites excluding steroid dienone is 2. The highest BCUT2D eigenvalue weighted by molar-refractivity contribution is 5.98. The molecule has 3 nitrogen and oxygen atoms in total. The number of anilines is 1. The van der Waals surface area contributed by atoms with E-state index in [0.29, 0.717) is 5.41 Å². The van der Waals surface area contributed by atoms with Crippen molar-refractivity contribution < 1.29 is 12.4 Å². The van der Waals surface area contributed by atoms with E-state index in [9.17, 15) is 0 Å². The molecule has 0 saturated carbocycles. The first-order valence-corrected chi connectivity index (χ1v) is 9.23. The smallest absolute Gasteiger partial charge is 0.0653 e. The third kappa shape index (κ3) is 5.24. The Labute approximate surface area is 159 Å².